The monoisotopic (exact) mass is 265 g/mol. The molecule has 1 aromatic heterocycles. The molecule has 1 saturated heterocycles. The van der Waals surface area contributed by atoms with Crippen LogP contribution < -0.4 is 0 Å². The fourth-order valence-corrected chi connectivity index (χ4v) is 2.77. The molecule has 0 aliphatic carbocycles. The Labute approximate surface area is 116 Å². The number of aryl methyl sites for hydroxylation is 2. The first kappa shape index (κ1) is 14.5. The largest absolute Gasteiger partial charge is 0.361 e. The Kier molecular flexibility index (Phi) is 4.31. The van der Waals surface area contributed by atoms with E-state index in [-0.39, 0.29) is 0 Å². The number of aromatic nitrogens is 1. The fourth-order valence-electron chi connectivity index (χ4n) is 2.77. The second-order valence-electron chi connectivity index (χ2n) is 6.55. The average Bonchev–Trinajstić information content (AvgIpc) is 2.66. The summed E-state index contributed by atoms with van der Waals surface area (Å²) in [5, 5.41) is 4.02. The lowest BCUT2D eigenvalue weighted by Crippen LogP contribution is -2.53. The zero-order valence-electron chi connectivity index (χ0n) is 13.0. The van der Waals surface area contributed by atoms with E-state index in [1.165, 1.54) is 31.7 Å². The van der Waals surface area contributed by atoms with Crippen LogP contribution in [-0.4, -0.2) is 53.2 Å². The highest BCUT2D eigenvalue weighted by Crippen LogP contribution is 2.17. The van der Waals surface area contributed by atoms with Gasteiger partial charge in [-0.2, -0.15) is 0 Å². The minimum atomic E-state index is 0.299. The highest BCUT2D eigenvalue weighted by Gasteiger charge is 2.25. The number of piperazine rings is 1. The summed E-state index contributed by atoms with van der Waals surface area (Å²) >= 11 is 0. The molecule has 0 aromatic carbocycles. The molecule has 108 valence electrons. The third-order valence-corrected chi connectivity index (χ3v) is 4.18. The highest BCUT2D eigenvalue weighted by molar-refractivity contribution is 5.21. The van der Waals surface area contributed by atoms with Crippen molar-refractivity contribution in [3.63, 3.8) is 0 Å². The van der Waals surface area contributed by atoms with Gasteiger partial charge in [0.15, 0.2) is 0 Å². The van der Waals surface area contributed by atoms with Crippen molar-refractivity contribution in [1.29, 1.82) is 0 Å². The molecule has 2 heterocycles. The van der Waals surface area contributed by atoms with E-state index in [4.69, 9.17) is 4.52 Å². The first-order chi connectivity index (χ1) is 8.88. The van der Waals surface area contributed by atoms with E-state index >= 15 is 0 Å². The Hall–Kier alpha value is -0.870. The predicted octanol–water partition coefficient (Wildman–Crippen LogP) is 2.25. The van der Waals surface area contributed by atoms with Crippen molar-refractivity contribution in [2.75, 3.05) is 32.7 Å². The van der Waals surface area contributed by atoms with Crippen LogP contribution in [0.15, 0.2) is 4.52 Å². The lowest BCUT2D eigenvalue weighted by molar-refractivity contribution is 0.0628. The quantitative estimate of drug-likeness (QED) is 0.839. The van der Waals surface area contributed by atoms with Crippen molar-refractivity contribution in [3.05, 3.63) is 17.0 Å². The van der Waals surface area contributed by atoms with E-state index < -0.39 is 0 Å². The molecule has 1 fully saturated rings. The molecule has 0 bridgehead atoms. The normalized spacial score (nSPS) is 19.0. The zero-order chi connectivity index (χ0) is 14.0. The molecule has 4 nitrogen and oxygen atoms in total. The fraction of sp³-hybridized carbons (Fsp3) is 0.800. The van der Waals surface area contributed by atoms with Crippen LogP contribution in [0.5, 0.6) is 0 Å². The van der Waals surface area contributed by atoms with Crippen molar-refractivity contribution in [1.82, 2.24) is 15.0 Å². The van der Waals surface area contributed by atoms with E-state index in [0.717, 1.165) is 24.4 Å². The number of nitrogens with zero attached hydrogens (tertiary/aromatic N) is 3. The minimum absolute atomic E-state index is 0.299. The maximum Gasteiger partial charge on any atom is 0.137 e. The van der Waals surface area contributed by atoms with Gasteiger partial charge < -0.3 is 9.42 Å². The minimum Gasteiger partial charge on any atom is -0.361 e. The van der Waals surface area contributed by atoms with Gasteiger partial charge in [-0.1, -0.05) is 5.16 Å². The van der Waals surface area contributed by atoms with Gasteiger partial charge in [-0.15, -0.1) is 0 Å². The number of hydrogen-bond acceptors (Lipinski definition) is 4. The highest BCUT2D eigenvalue weighted by atomic mass is 16.5. The van der Waals surface area contributed by atoms with Gasteiger partial charge >= 0.3 is 0 Å². The van der Waals surface area contributed by atoms with Crippen LogP contribution in [0.3, 0.4) is 0 Å². The van der Waals surface area contributed by atoms with Crippen LogP contribution in [0.1, 0.15) is 37.8 Å². The van der Waals surface area contributed by atoms with Gasteiger partial charge in [0.25, 0.3) is 0 Å². The van der Waals surface area contributed by atoms with Crippen LogP contribution in [0.4, 0.5) is 0 Å². The summed E-state index contributed by atoms with van der Waals surface area (Å²) in [6.45, 7) is 16.7. The van der Waals surface area contributed by atoms with Crippen molar-refractivity contribution in [3.8, 4) is 0 Å². The third kappa shape index (κ3) is 3.57. The van der Waals surface area contributed by atoms with Crippen LogP contribution in [0.25, 0.3) is 0 Å². The van der Waals surface area contributed by atoms with Crippen molar-refractivity contribution in [2.24, 2.45) is 0 Å². The Bertz CT molecular complexity index is 392. The van der Waals surface area contributed by atoms with Gasteiger partial charge in [0.1, 0.15) is 5.76 Å². The van der Waals surface area contributed by atoms with E-state index in [0.29, 0.717) is 5.54 Å². The standard InChI is InChI=1S/C15H27N3O/c1-12-14(13(2)19-16-12)6-7-17-8-10-18(11-9-17)15(3,4)5/h6-11H2,1-5H3. The number of rotatable bonds is 3. The van der Waals surface area contributed by atoms with E-state index in [2.05, 4.69) is 35.7 Å². The molecule has 0 spiro atoms. The van der Waals surface area contributed by atoms with Crippen LogP contribution in [0, 0.1) is 13.8 Å². The van der Waals surface area contributed by atoms with Crippen molar-refractivity contribution < 1.29 is 4.52 Å². The second kappa shape index (κ2) is 5.63. The summed E-state index contributed by atoms with van der Waals surface area (Å²) in [5.74, 6) is 0.978. The lowest BCUT2D eigenvalue weighted by atomic mass is 10.0. The molecule has 0 atom stereocenters. The smallest absolute Gasteiger partial charge is 0.137 e. The Morgan fingerprint density at radius 3 is 2.21 bits per heavy atom. The van der Waals surface area contributed by atoms with Crippen LogP contribution >= 0.6 is 0 Å². The summed E-state index contributed by atoms with van der Waals surface area (Å²) in [7, 11) is 0. The van der Waals surface area contributed by atoms with Gasteiger partial charge in [0.05, 0.1) is 5.69 Å². The summed E-state index contributed by atoms with van der Waals surface area (Å²) in [4.78, 5) is 5.12. The summed E-state index contributed by atoms with van der Waals surface area (Å²) in [5.41, 5.74) is 2.64. The summed E-state index contributed by atoms with van der Waals surface area (Å²) in [6, 6.07) is 0. The van der Waals surface area contributed by atoms with Crippen molar-refractivity contribution in [2.45, 2.75) is 46.6 Å². The molecular weight excluding hydrogens is 238 g/mol. The molecule has 2 rings (SSSR count). The van der Waals surface area contributed by atoms with Gasteiger partial charge in [0.2, 0.25) is 0 Å². The molecule has 0 radical (unpaired) electrons. The average molecular weight is 265 g/mol. The Morgan fingerprint density at radius 1 is 1.11 bits per heavy atom. The molecule has 1 aromatic rings. The van der Waals surface area contributed by atoms with E-state index in [9.17, 15) is 0 Å². The van der Waals surface area contributed by atoms with Gasteiger partial charge in [-0.05, 0) is 41.0 Å². The Balaban J connectivity index is 1.81. The van der Waals surface area contributed by atoms with E-state index in [1.54, 1.807) is 0 Å². The summed E-state index contributed by atoms with van der Waals surface area (Å²) in [6.07, 6.45) is 1.05. The molecule has 0 amide bonds. The number of hydrogen-bond donors (Lipinski definition) is 0. The Morgan fingerprint density at radius 2 is 1.74 bits per heavy atom. The second-order valence-corrected chi connectivity index (χ2v) is 6.55. The maximum atomic E-state index is 5.22. The van der Waals surface area contributed by atoms with Crippen molar-refractivity contribution >= 4 is 0 Å². The zero-order valence-corrected chi connectivity index (χ0v) is 13.0. The molecule has 0 N–H and O–H groups in total. The molecule has 1 aliphatic heterocycles. The first-order valence-corrected chi connectivity index (χ1v) is 7.27. The molecule has 19 heavy (non-hydrogen) atoms. The molecule has 1 aliphatic rings. The van der Waals surface area contributed by atoms with Gasteiger partial charge in [-0.3, -0.25) is 4.90 Å². The SMILES string of the molecule is Cc1noc(C)c1CCN1CCN(C(C)(C)C)CC1. The first-order valence-electron chi connectivity index (χ1n) is 7.27. The van der Waals surface area contributed by atoms with Crippen LogP contribution in [-0.2, 0) is 6.42 Å². The molecular formula is C15H27N3O. The van der Waals surface area contributed by atoms with Crippen LogP contribution in [0.2, 0.25) is 0 Å². The molecule has 0 unspecified atom stereocenters. The maximum absolute atomic E-state index is 5.22. The predicted molar refractivity (Wildman–Crippen MR) is 77.4 cm³/mol. The van der Waals surface area contributed by atoms with Gasteiger partial charge in [-0.25, -0.2) is 0 Å². The summed E-state index contributed by atoms with van der Waals surface area (Å²) < 4.78 is 5.22. The molecule has 0 saturated carbocycles. The topological polar surface area (TPSA) is 32.5 Å². The lowest BCUT2D eigenvalue weighted by Gasteiger charge is -2.42. The third-order valence-electron chi connectivity index (χ3n) is 4.18. The van der Waals surface area contributed by atoms with Gasteiger partial charge in [0, 0.05) is 43.8 Å². The van der Waals surface area contributed by atoms with E-state index in [1.807, 2.05) is 13.8 Å². The molecule has 4 heteroatoms.